The topological polar surface area (TPSA) is 80.3 Å². The van der Waals surface area contributed by atoms with Crippen molar-refractivity contribution in [2.24, 2.45) is 5.41 Å². The molecule has 1 aromatic rings. The minimum atomic E-state index is -1.10. The molecule has 200 valence electrons. The molecule has 2 rings (SSSR count). The summed E-state index contributed by atoms with van der Waals surface area (Å²) >= 11 is 0. The van der Waals surface area contributed by atoms with Gasteiger partial charge < -0.3 is 23.7 Å². The van der Waals surface area contributed by atoms with Gasteiger partial charge in [0.05, 0.1) is 12.5 Å². The number of ketones is 2. The van der Waals surface area contributed by atoms with Gasteiger partial charge in [0.1, 0.15) is 22.8 Å². The molecule has 0 aromatic heterocycles. The van der Waals surface area contributed by atoms with E-state index in [0.29, 0.717) is 24.4 Å². The van der Waals surface area contributed by atoms with Crippen LogP contribution in [-0.4, -0.2) is 46.5 Å². The second kappa shape index (κ2) is 14.4. The summed E-state index contributed by atoms with van der Waals surface area (Å²) in [7, 11) is 4.50. The summed E-state index contributed by atoms with van der Waals surface area (Å²) in [5.41, 5.74) is 1.85. The van der Waals surface area contributed by atoms with Crippen molar-refractivity contribution in [2.45, 2.75) is 40.5 Å². The first-order chi connectivity index (χ1) is 17.7. The third kappa shape index (κ3) is 8.03. The minimum Gasteiger partial charge on any atom is -0.496 e. The maximum absolute atomic E-state index is 14.2. The number of allylic oxidation sites excluding steroid dienone is 8. The fraction of sp³-hybridized carbons (Fsp3) is 0.400. The van der Waals surface area contributed by atoms with Crippen molar-refractivity contribution in [3.63, 3.8) is 0 Å². The lowest BCUT2D eigenvalue weighted by Crippen LogP contribution is -2.41. The van der Waals surface area contributed by atoms with Crippen LogP contribution in [0.15, 0.2) is 76.8 Å². The first kappa shape index (κ1) is 29.8. The summed E-state index contributed by atoms with van der Waals surface area (Å²) in [5.74, 6) is 0.348. The van der Waals surface area contributed by atoms with E-state index in [4.69, 9.17) is 23.7 Å². The highest BCUT2D eigenvalue weighted by molar-refractivity contribution is 6.29. The zero-order chi connectivity index (χ0) is 27.4. The standard InChI is InChI=1S/C30H38O7/c1-21(2)14-16-30(17-15-22(3)4)27(37-20-34-6)18-25(31)28(29(30)32)26(35-7)13-10-23-8-11-24(12-9-23)36-19-33-5/h8-15,18H,16-17,19-20H2,1-7H3/b13-10+,28-26+. The Labute approximate surface area is 220 Å². The molecule has 0 radical (unpaired) electrons. The molecule has 0 atom stereocenters. The van der Waals surface area contributed by atoms with E-state index in [9.17, 15) is 9.59 Å². The molecule has 1 aliphatic rings. The summed E-state index contributed by atoms with van der Waals surface area (Å²) < 4.78 is 26.8. The van der Waals surface area contributed by atoms with Crippen LogP contribution in [0.3, 0.4) is 0 Å². The Bertz CT molecular complexity index is 1070. The third-order valence-corrected chi connectivity index (χ3v) is 5.81. The van der Waals surface area contributed by atoms with Gasteiger partial charge in [-0.15, -0.1) is 0 Å². The van der Waals surface area contributed by atoms with Crippen LogP contribution < -0.4 is 4.74 Å². The van der Waals surface area contributed by atoms with Gasteiger partial charge in [0.2, 0.25) is 0 Å². The van der Waals surface area contributed by atoms with Gasteiger partial charge in [0, 0.05) is 20.3 Å². The molecule has 0 N–H and O–H groups in total. The number of carbonyl (C=O) groups is 2. The van der Waals surface area contributed by atoms with Crippen molar-refractivity contribution >= 4 is 17.6 Å². The normalized spacial score (nSPS) is 16.2. The summed E-state index contributed by atoms with van der Waals surface area (Å²) in [4.78, 5) is 27.4. The lowest BCUT2D eigenvalue weighted by Gasteiger charge is -2.36. The van der Waals surface area contributed by atoms with Crippen molar-refractivity contribution in [1.29, 1.82) is 0 Å². The number of benzene rings is 1. The highest BCUT2D eigenvalue weighted by Gasteiger charge is 2.49. The molecule has 7 nitrogen and oxygen atoms in total. The number of hydrogen-bond donors (Lipinski definition) is 0. The van der Waals surface area contributed by atoms with Crippen LogP contribution in [0.2, 0.25) is 0 Å². The van der Waals surface area contributed by atoms with Crippen LogP contribution in [0.5, 0.6) is 5.75 Å². The maximum Gasteiger partial charge on any atom is 0.196 e. The van der Waals surface area contributed by atoms with Crippen LogP contribution >= 0.6 is 0 Å². The second-order valence-corrected chi connectivity index (χ2v) is 9.20. The van der Waals surface area contributed by atoms with Gasteiger partial charge in [-0.1, -0.05) is 41.5 Å². The van der Waals surface area contributed by atoms with Gasteiger partial charge >= 0.3 is 0 Å². The van der Waals surface area contributed by atoms with E-state index in [2.05, 4.69) is 0 Å². The zero-order valence-electron chi connectivity index (χ0n) is 22.9. The minimum absolute atomic E-state index is 0.00660. The second-order valence-electron chi connectivity index (χ2n) is 9.20. The van der Waals surface area contributed by atoms with Gasteiger partial charge in [-0.2, -0.15) is 0 Å². The monoisotopic (exact) mass is 510 g/mol. The first-order valence-corrected chi connectivity index (χ1v) is 12.1. The Kier molecular flexibility index (Phi) is 11.6. The Balaban J connectivity index is 2.59. The number of Topliss-reactive ketones (excluding diaryl/α,β-unsaturated/α-hetero) is 1. The predicted molar refractivity (Wildman–Crippen MR) is 144 cm³/mol. The molecule has 1 aromatic carbocycles. The molecule has 0 amide bonds. The van der Waals surface area contributed by atoms with Crippen molar-refractivity contribution in [2.75, 3.05) is 34.9 Å². The quantitative estimate of drug-likeness (QED) is 0.107. The lowest BCUT2D eigenvalue weighted by molar-refractivity contribution is -0.130. The molecule has 7 heteroatoms. The molecular formula is C30H38O7. The van der Waals surface area contributed by atoms with E-state index in [-0.39, 0.29) is 30.7 Å². The molecule has 0 saturated heterocycles. The van der Waals surface area contributed by atoms with E-state index in [1.807, 2.05) is 52.0 Å². The molecule has 0 unspecified atom stereocenters. The first-order valence-electron chi connectivity index (χ1n) is 12.1. The smallest absolute Gasteiger partial charge is 0.196 e. The van der Waals surface area contributed by atoms with Crippen molar-refractivity contribution in [3.05, 3.63) is 82.4 Å². The fourth-order valence-corrected chi connectivity index (χ4v) is 3.78. The van der Waals surface area contributed by atoms with Gasteiger partial charge in [-0.05, 0) is 64.3 Å². The third-order valence-electron chi connectivity index (χ3n) is 5.81. The lowest BCUT2D eigenvalue weighted by atomic mass is 9.68. The molecule has 0 fully saturated rings. The Morgan fingerprint density at radius 2 is 1.41 bits per heavy atom. The van der Waals surface area contributed by atoms with Gasteiger partial charge in [0.25, 0.3) is 0 Å². The average molecular weight is 511 g/mol. The SMILES string of the molecule is COCOC1=CC(=O)/C(=C(/C=C/c2ccc(OCOC)cc2)OC)C(=O)C1(CC=C(C)C)CC=C(C)C. The zero-order valence-corrected chi connectivity index (χ0v) is 22.9. The number of hydrogen-bond acceptors (Lipinski definition) is 7. The van der Waals surface area contributed by atoms with Crippen LogP contribution in [0.1, 0.15) is 46.1 Å². The molecule has 0 heterocycles. The number of carbonyl (C=O) groups excluding carboxylic acids is 2. The van der Waals surface area contributed by atoms with Crippen LogP contribution in [-0.2, 0) is 28.5 Å². The van der Waals surface area contributed by atoms with Crippen molar-refractivity contribution in [1.82, 2.24) is 0 Å². The Morgan fingerprint density at radius 1 is 0.838 bits per heavy atom. The van der Waals surface area contributed by atoms with Crippen molar-refractivity contribution < 1.29 is 33.3 Å². The van der Waals surface area contributed by atoms with Crippen LogP contribution in [0.4, 0.5) is 0 Å². The molecular weight excluding hydrogens is 472 g/mol. The van der Waals surface area contributed by atoms with Crippen LogP contribution in [0.25, 0.3) is 6.08 Å². The average Bonchev–Trinajstić information content (AvgIpc) is 2.87. The van der Waals surface area contributed by atoms with Crippen molar-refractivity contribution in [3.8, 4) is 5.75 Å². The van der Waals surface area contributed by atoms with Gasteiger partial charge in [0.15, 0.2) is 25.2 Å². The molecule has 37 heavy (non-hydrogen) atoms. The predicted octanol–water partition coefficient (Wildman–Crippen LogP) is 5.94. The Hall–Kier alpha value is -3.42. The highest BCUT2D eigenvalue weighted by Crippen LogP contribution is 2.45. The molecule has 0 spiro atoms. The number of methoxy groups -OCH3 is 3. The van der Waals surface area contributed by atoms with E-state index < -0.39 is 11.2 Å². The Morgan fingerprint density at radius 3 is 1.92 bits per heavy atom. The number of rotatable bonds is 13. The number of ether oxygens (including phenoxy) is 5. The van der Waals surface area contributed by atoms with E-state index in [0.717, 1.165) is 16.7 Å². The van der Waals surface area contributed by atoms with E-state index in [1.54, 1.807) is 31.4 Å². The molecule has 0 aliphatic heterocycles. The molecule has 0 bridgehead atoms. The molecule has 0 saturated carbocycles. The summed E-state index contributed by atoms with van der Waals surface area (Å²) in [5, 5.41) is 0. The van der Waals surface area contributed by atoms with Gasteiger partial charge in [-0.25, -0.2) is 0 Å². The summed E-state index contributed by atoms with van der Waals surface area (Å²) in [6, 6.07) is 7.32. The summed E-state index contributed by atoms with van der Waals surface area (Å²) in [6.07, 6.45) is 9.52. The van der Waals surface area contributed by atoms with Gasteiger partial charge in [-0.3, -0.25) is 9.59 Å². The van der Waals surface area contributed by atoms with Crippen LogP contribution in [0, 0.1) is 5.41 Å². The highest BCUT2D eigenvalue weighted by atomic mass is 16.7. The fourth-order valence-electron chi connectivity index (χ4n) is 3.78. The van der Waals surface area contributed by atoms with E-state index in [1.165, 1.54) is 20.3 Å². The largest absolute Gasteiger partial charge is 0.496 e. The summed E-state index contributed by atoms with van der Waals surface area (Å²) in [6.45, 7) is 7.97. The maximum atomic E-state index is 14.2. The van der Waals surface area contributed by atoms with E-state index >= 15 is 0 Å². The molecule has 1 aliphatic carbocycles.